The first-order chi connectivity index (χ1) is 7.95. The highest BCUT2D eigenvalue weighted by molar-refractivity contribution is 4.83. The number of hydrogen-bond acceptors (Lipinski definition) is 3. The van der Waals surface area contributed by atoms with E-state index in [2.05, 4.69) is 37.9 Å². The predicted molar refractivity (Wildman–Crippen MR) is 73.2 cm³/mol. The first-order valence-corrected chi connectivity index (χ1v) is 7.09. The third kappa shape index (κ3) is 5.36. The molecule has 3 nitrogen and oxygen atoms in total. The van der Waals surface area contributed by atoms with Gasteiger partial charge in [0.15, 0.2) is 0 Å². The molecule has 1 saturated heterocycles. The highest BCUT2D eigenvalue weighted by Gasteiger charge is 2.27. The van der Waals surface area contributed by atoms with Crippen molar-refractivity contribution in [2.45, 2.75) is 59.1 Å². The van der Waals surface area contributed by atoms with Gasteiger partial charge in [0.25, 0.3) is 0 Å². The van der Waals surface area contributed by atoms with E-state index < -0.39 is 0 Å². The normalized spacial score (nSPS) is 26.1. The largest absolute Gasteiger partial charge is 0.392 e. The van der Waals surface area contributed by atoms with Crippen LogP contribution >= 0.6 is 0 Å². The van der Waals surface area contributed by atoms with Gasteiger partial charge in [-0.15, -0.1) is 0 Å². The Hall–Kier alpha value is -0.120. The quantitative estimate of drug-likeness (QED) is 0.746. The van der Waals surface area contributed by atoms with Crippen LogP contribution in [0.25, 0.3) is 0 Å². The summed E-state index contributed by atoms with van der Waals surface area (Å²) in [5.74, 6) is 0. The molecule has 1 heterocycles. The molecule has 0 saturated carbocycles. The van der Waals surface area contributed by atoms with Crippen LogP contribution in [0.4, 0.5) is 0 Å². The van der Waals surface area contributed by atoms with Crippen LogP contribution in [0.15, 0.2) is 0 Å². The van der Waals surface area contributed by atoms with Crippen LogP contribution in [0.5, 0.6) is 0 Å². The molecule has 1 fully saturated rings. The number of hydrogen-bond donors (Lipinski definition) is 2. The Kier molecular flexibility index (Phi) is 5.90. The number of rotatable bonds is 6. The Morgan fingerprint density at radius 3 is 2.71 bits per heavy atom. The summed E-state index contributed by atoms with van der Waals surface area (Å²) < 4.78 is 0. The van der Waals surface area contributed by atoms with Crippen LogP contribution in [-0.2, 0) is 0 Å². The predicted octanol–water partition coefficient (Wildman–Crippen LogP) is 1.86. The lowest BCUT2D eigenvalue weighted by atomic mass is 9.86. The van der Waals surface area contributed by atoms with Crippen molar-refractivity contribution in [1.29, 1.82) is 0 Å². The molecule has 0 amide bonds. The van der Waals surface area contributed by atoms with E-state index in [-0.39, 0.29) is 6.10 Å². The zero-order valence-electron chi connectivity index (χ0n) is 12.0. The minimum absolute atomic E-state index is 0.108. The number of aliphatic hydroxyl groups excluding tert-OH is 1. The Labute approximate surface area is 107 Å². The van der Waals surface area contributed by atoms with Gasteiger partial charge in [-0.2, -0.15) is 0 Å². The minimum atomic E-state index is -0.108. The number of aliphatic hydroxyl groups is 1. The maximum atomic E-state index is 9.71. The number of nitrogens with one attached hydrogen (secondary N) is 1. The standard InChI is InChI=1S/C14H30N2O/c1-5-14(4,10-15-12(2)3)11-16-8-6-7-13(17)9-16/h12-13,15,17H,5-11H2,1-4H3. The molecule has 0 bridgehead atoms. The monoisotopic (exact) mass is 242 g/mol. The van der Waals surface area contributed by atoms with Gasteiger partial charge in [-0.3, -0.25) is 0 Å². The fraction of sp³-hybridized carbons (Fsp3) is 1.00. The van der Waals surface area contributed by atoms with Crippen molar-refractivity contribution in [2.75, 3.05) is 26.2 Å². The van der Waals surface area contributed by atoms with Gasteiger partial charge in [0.05, 0.1) is 6.10 Å². The van der Waals surface area contributed by atoms with Crippen LogP contribution in [0.1, 0.15) is 47.0 Å². The second-order valence-electron chi connectivity index (χ2n) is 6.23. The third-order valence-corrected chi connectivity index (χ3v) is 3.88. The molecule has 1 rings (SSSR count). The highest BCUT2D eigenvalue weighted by atomic mass is 16.3. The van der Waals surface area contributed by atoms with Crippen molar-refractivity contribution in [3.63, 3.8) is 0 Å². The average molecular weight is 242 g/mol. The summed E-state index contributed by atoms with van der Waals surface area (Å²) >= 11 is 0. The number of β-amino-alcohol motifs (C(OH)–C–C–N with tert-alkyl or cyclic N) is 1. The van der Waals surface area contributed by atoms with Crippen molar-refractivity contribution in [3.8, 4) is 0 Å². The molecule has 0 spiro atoms. The van der Waals surface area contributed by atoms with Gasteiger partial charge in [0, 0.05) is 25.7 Å². The van der Waals surface area contributed by atoms with Gasteiger partial charge in [-0.05, 0) is 31.2 Å². The number of likely N-dealkylation sites (tertiary alicyclic amines) is 1. The van der Waals surface area contributed by atoms with Crippen LogP contribution in [0, 0.1) is 5.41 Å². The maximum Gasteiger partial charge on any atom is 0.0667 e. The molecular weight excluding hydrogens is 212 g/mol. The molecule has 102 valence electrons. The molecule has 3 heteroatoms. The van der Waals surface area contributed by atoms with Crippen LogP contribution in [0.2, 0.25) is 0 Å². The second-order valence-corrected chi connectivity index (χ2v) is 6.23. The molecule has 2 unspecified atom stereocenters. The van der Waals surface area contributed by atoms with E-state index in [1.807, 2.05) is 0 Å². The summed E-state index contributed by atoms with van der Waals surface area (Å²) in [7, 11) is 0. The van der Waals surface area contributed by atoms with Crippen molar-refractivity contribution in [2.24, 2.45) is 5.41 Å². The fourth-order valence-corrected chi connectivity index (χ4v) is 2.46. The maximum absolute atomic E-state index is 9.71. The molecule has 0 aromatic rings. The van der Waals surface area contributed by atoms with E-state index in [0.717, 1.165) is 39.0 Å². The summed E-state index contributed by atoms with van der Waals surface area (Å²) in [6.07, 6.45) is 3.18. The number of piperidine rings is 1. The molecule has 1 aliphatic heterocycles. The SMILES string of the molecule is CCC(C)(CNC(C)C)CN1CCCC(O)C1. The molecule has 0 radical (unpaired) electrons. The first-order valence-electron chi connectivity index (χ1n) is 7.09. The van der Waals surface area contributed by atoms with Gasteiger partial charge in [-0.1, -0.05) is 27.7 Å². The van der Waals surface area contributed by atoms with E-state index in [4.69, 9.17) is 0 Å². The van der Waals surface area contributed by atoms with Crippen molar-refractivity contribution < 1.29 is 5.11 Å². The van der Waals surface area contributed by atoms with Crippen LogP contribution in [0.3, 0.4) is 0 Å². The molecule has 2 N–H and O–H groups in total. The highest BCUT2D eigenvalue weighted by Crippen LogP contribution is 2.24. The summed E-state index contributed by atoms with van der Waals surface area (Å²) in [5, 5.41) is 13.3. The van der Waals surface area contributed by atoms with Crippen LogP contribution < -0.4 is 5.32 Å². The van der Waals surface area contributed by atoms with Crippen LogP contribution in [-0.4, -0.2) is 48.3 Å². The van der Waals surface area contributed by atoms with Gasteiger partial charge < -0.3 is 15.3 Å². The first kappa shape index (κ1) is 14.9. The Balaban J connectivity index is 2.43. The Bertz CT molecular complexity index is 220. The average Bonchev–Trinajstić information content (AvgIpc) is 2.26. The van der Waals surface area contributed by atoms with E-state index in [1.165, 1.54) is 6.42 Å². The van der Waals surface area contributed by atoms with Gasteiger partial charge in [-0.25, -0.2) is 0 Å². The molecule has 0 aromatic heterocycles. The summed E-state index contributed by atoms with van der Waals surface area (Å²) in [4.78, 5) is 2.43. The smallest absolute Gasteiger partial charge is 0.0667 e. The molecular formula is C14H30N2O. The van der Waals surface area contributed by atoms with Gasteiger partial charge >= 0.3 is 0 Å². The van der Waals surface area contributed by atoms with E-state index in [1.54, 1.807) is 0 Å². The number of nitrogens with zero attached hydrogens (tertiary/aromatic N) is 1. The molecule has 17 heavy (non-hydrogen) atoms. The van der Waals surface area contributed by atoms with Crippen molar-refractivity contribution in [3.05, 3.63) is 0 Å². The second kappa shape index (κ2) is 6.72. The third-order valence-electron chi connectivity index (χ3n) is 3.88. The Morgan fingerprint density at radius 2 is 2.18 bits per heavy atom. The van der Waals surface area contributed by atoms with Gasteiger partial charge in [0.2, 0.25) is 0 Å². The van der Waals surface area contributed by atoms with E-state index >= 15 is 0 Å². The van der Waals surface area contributed by atoms with Crippen molar-refractivity contribution >= 4 is 0 Å². The lowest BCUT2D eigenvalue weighted by molar-refractivity contribution is 0.0452. The molecule has 1 aliphatic rings. The molecule has 2 atom stereocenters. The summed E-state index contributed by atoms with van der Waals surface area (Å²) in [6.45, 7) is 13.2. The Morgan fingerprint density at radius 1 is 1.47 bits per heavy atom. The summed E-state index contributed by atoms with van der Waals surface area (Å²) in [5.41, 5.74) is 0.321. The fourth-order valence-electron chi connectivity index (χ4n) is 2.46. The minimum Gasteiger partial charge on any atom is -0.392 e. The van der Waals surface area contributed by atoms with E-state index in [9.17, 15) is 5.11 Å². The lowest BCUT2D eigenvalue weighted by Gasteiger charge is -2.38. The van der Waals surface area contributed by atoms with E-state index in [0.29, 0.717) is 11.5 Å². The zero-order valence-corrected chi connectivity index (χ0v) is 12.0. The molecule has 0 aliphatic carbocycles. The summed E-state index contributed by atoms with van der Waals surface area (Å²) in [6, 6.07) is 0.549. The van der Waals surface area contributed by atoms with Gasteiger partial charge in [0.1, 0.15) is 0 Å². The topological polar surface area (TPSA) is 35.5 Å². The lowest BCUT2D eigenvalue weighted by Crippen LogP contribution is -2.47. The van der Waals surface area contributed by atoms with Crippen molar-refractivity contribution in [1.82, 2.24) is 10.2 Å². The zero-order chi connectivity index (χ0) is 12.9. The molecule has 0 aromatic carbocycles.